The van der Waals surface area contributed by atoms with Crippen LogP contribution >= 0.6 is 0 Å². The highest BCUT2D eigenvalue weighted by molar-refractivity contribution is 7.89. The molecule has 126 valence electrons. The Morgan fingerprint density at radius 2 is 1.70 bits per heavy atom. The maximum atomic E-state index is 13.0. The Morgan fingerprint density at radius 3 is 2.30 bits per heavy atom. The first kappa shape index (κ1) is 16.4. The van der Waals surface area contributed by atoms with Crippen molar-refractivity contribution in [2.45, 2.75) is 37.2 Å². The number of hydrogen-bond acceptors (Lipinski definition) is 4. The van der Waals surface area contributed by atoms with E-state index in [1.165, 1.54) is 0 Å². The third-order valence-corrected chi connectivity index (χ3v) is 6.92. The third kappa shape index (κ3) is 2.66. The molecule has 3 rings (SSSR count). The number of anilines is 1. The number of fused-ring (bicyclic) bond motifs is 1. The van der Waals surface area contributed by atoms with E-state index in [1.54, 1.807) is 34.5 Å². The van der Waals surface area contributed by atoms with Crippen LogP contribution in [0.15, 0.2) is 23.1 Å². The molecular weight excluding hydrogens is 314 g/mol. The van der Waals surface area contributed by atoms with Gasteiger partial charge in [-0.1, -0.05) is 0 Å². The Morgan fingerprint density at radius 1 is 1.09 bits per heavy atom. The molecule has 6 nitrogen and oxygen atoms in total. The highest BCUT2D eigenvalue weighted by Gasteiger charge is 2.35. The molecule has 1 aromatic rings. The largest absolute Gasteiger partial charge is 0.315 e. The van der Waals surface area contributed by atoms with Gasteiger partial charge in [-0.15, -0.1) is 0 Å². The highest BCUT2D eigenvalue weighted by atomic mass is 32.2. The van der Waals surface area contributed by atoms with Crippen molar-refractivity contribution < 1.29 is 13.2 Å². The minimum Gasteiger partial charge on any atom is -0.315 e. The Hall–Kier alpha value is -1.44. The Bertz CT molecular complexity index is 735. The van der Waals surface area contributed by atoms with Crippen LogP contribution in [0.25, 0.3) is 0 Å². The van der Waals surface area contributed by atoms with E-state index in [1.807, 2.05) is 20.9 Å². The van der Waals surface area contributed by atoms with Gasteiger partial charge in [0.2, 0.25) is 15.9 Å². The standard InChI is InChI=1S/C16H23N3O3S/c1-11-9-19(10-12(2)17(11)3)23(21,22)14-5-6-15-13(7-14)8-16(20)18(15)4/h5-7,11-12H,8-10H2,1-4H3. The fourth-order valence-electron chi connectivity index (χ4n) is 3.31. The number of nitrogens with zero attached hydrogens (tertiary/aromatic N) is 3. The number of carbonyl (C=O) groups excluding carboxylic acids is 1. The number of rotatable bonds is 2. The van der Waals surface area contributed by atoms with E-state index in [0.29, 0.717) is 13.1 Å². The van der Waals surface area contributed by atoms with E-state index < -0.39 is 10.0 Å². The summed E-state index contributed by atoms with van der Waals surface area (Å²) in [6, 6.07) is 5.35. The number of sulfonamides is 1. The number of likely N-dealkylation sites (N-methyl/N-ethyl adjacent to an activating group) is 2. The molecule has 0 saturated carbocycles. The molecule has 0 spiro atoms. The average Bonchev–Trinajstić information content (AvgIpc) is 2.78. The van der Waals surface area contributed by atoms with Gasteiger partial charge in [0.05, 0.1) is 11.3 Å². The summed E-state index contributed by atoms with van der Waals surface area (Å²) in [5.74, 6) is -0.00334. The average molecular weight is 337 g/mol. The van der Waals surface area contributed by atoms with Crippen molar-refractivity contribution in [3.8, 4) is 0 Å². The van der Waals surface area contributed by atoms with Gasteiger partial charge in [-0.3, -0.25) is 9.69 Å². The molecule has 1 amide bonds. The van der Waals surface area contributed by atoms with Crippen molar-refractivity contribution >= 4 is 21.6 Å². The van der Waals surface area contributed by atoms with E-state index in [2.05, 4.69) is 4.90 Å². The summed E-state index contributed by atoms with van der Waals surface area (Å²) in [4.78, 5) is 15.8. The number of benzene rings is 1. The van der Waals surface area contributed by atoms with Crippen LogP contribution < -0.4 is 4.90 Å². The van der Waals surface area contributed by atoms with E-state index in [9.17, 15) is 13.2 Å². The normalized spacial score (nSPS) is 26.6. The maximum absolute atomic E-state index is 13.0. The van der Waals surface area contributed by atoms with Crippen LogP contribution in [0.1, 0.15) is 19.4 Å². The second kappa shape index (κ2) is 5.58. The van der Waals surface area contributed by atoms with Gasteiger partial charge in [-0.25, -0.2) is 8.42 Å². The second-order valence-corrected chi connectivity index (χ2v) is 8.54. The van der Waals surface area contributed by atoms with Crippen molar-refractivity contribution in [1.29, 1.82) is 0 Å². The summed E-state index contributed by atoms with van der Waals surface area (Å²) in [6.07, 6.45) is 0.269. The minimum absolute atomic E-state index is 0.00334. The molecule has 1 aromatic carbocycles. The zero-order valence-corrected chi connectivity index (χ0v) is 14.8. The second-order valence-electron chi connectivity index (χ2n) is 6.61. The molecule has 2 unspecified atom stereocenters. The molecule has 23 heavy (non-hydrogen) atoms. The molecular formula is C16H23N3O3S. The molecule has 2 heterocycles. The number of amides is 1. The monoisotopic (exact) mass is 337 g/mol. The molecule has 0 aromatic heterocycles. The van der Waals surface area contributed by atoms with Crippen molar-refractivity contribution in [2.75, 3.05) is 32.1 Å². The van der Waals surface area contributed by atoms with Gasteiger partial charge in [0.1, 0.15) is 0 Å². The van der Waals surface area contributed by atoms with Crippen LogP contribution in [0.2, 0.25) is 0 Å². The van der Waals surface area contributed by atoms with Crippen LogP contribution in [0.4, 0.5) is 5.69 Å². The Kier molecular flexibility index (Phi) is 3.98. The zero-order chi connectivity index (χ0) is 16.9. The molecule has 0 aliphatic carbocycles. The summed E-state index contributed by atoms with van der Waals surface area (Å²) >= 11 is 0. The number of piperazine rings is 1. The topological polar surface area (TPSA) is 60.9 Å². The van der Waals surface area contributed by atoms with Crippen LogP contribution in [-0.4, -0.2) is 62.8 Å². The van der Waals surface area contributed by atoms with Gasteiger partial charge in [0.25, 0.3) is 0 Å². The predicted molar refractivity (Wildman–Crippen MR) is 89.0 cm³/mol. The lowest BCUT2D eigenvalue weighted by atomic mass is 10.1. The third-order valence-electron chi connectivity index (χ3n) is 5.09. The lowest BCUT2D eigenvalue weighted by Gasteiger charge is -2.41. The SMILES string of the molecule is CC1CN(S(=O)(=O)c2ccc3c(c2)CC(=O)N3C)CC(C)N1C. The summed E-state index contributed by atoms with van der Waals surface area (Å²) in [6.45, 7) is 5.04. The number of hydrogen-bond donors (Lipinski definition) is 0. The summed E-state index contributed by atoms with van der Waals surface area (Å²) in [5.41, 5.74) is 1.59. The quantitative estimate of drug-likeness (QED) is 0.805. The zero-order valence-electron chi connectivity index (χ0n) is 14.0. The van der Waals surface area contributed by atoms with Crippen LogP contribution in [0.3, 0.4) is 0 Å². The van der Waals surface area contributed by atoms with Crippen LogP contribution in [0.5, 0.6) is 0 Å². The molecule has 2 aliphatic rings. The van der Waals surface area contributed by atoms with Crippen LogP contribution in [-0.2, 0) is 21.2 Å². The summed E-state index contributed by atoms with van der Waals surface area (Å²) < 4.78 is 27.5. The van der Waals surface area contributed by atoms with E-state index >= 15 is 0 Å². The Balaban J connectivity index is 1.92. The summed E-state index contributed by atoms with van der Waals surface area (Å²) in [7, 11) is 0.207. The van der Waals surface area contributed by atoms with Gasteiger partial charge in [-0.2, -0.15) is 4.31 Å². The van der Waals surface area contributed by atoms with Gasteiger partial charge in [0, 0.05) is 37.9 Å². The molecule has 1 saturated heterocycles. The molecule has 7 heteroatoms. The fourth-order valence-corrected chi connectivity index (χ4v) is 4.96. The lowest BCUT2D eigenvalue weighted by molar-refractivity contribution is -0.117. The number of carbonyl (C=O) groups is 1. The van der Waals surface area contributed by atoms with Gasteiger partial charge < -0.3 is 4.90 Å². The van der Waals surface area contributed by atoms with Crippen molar-refractivity contribution in [3.05, 3.63) is 23.8 Å². The smallest absolute Gasteiger partial charge is 0.243 e. The van der Waals surface area contributed by atoms with Gasteiger partial charge in [-0.05, 0) is 44.7 Å². The predicted octanol–water partition coefficient (Wildman–Crippen LogP) is 0.919. The van der Waals surface area contributed by atoms with Gasteiger partial charge in [0.15, 0.2) is 0 Å². The van der Waals surface area contributed by atoms with Gasteiger partial charge >= 0.3 is 0 Å². The first-order chi connectivity index (χ1) is 10.7. The van der Waals surface area contributed by atoms with E-state index in [-0.39, 0.29) is 29.3 Å². The molecule has 0 bridgehead atoms. The molecule has 2 atom stereocenters. The maximum Gasteiger partial charge on any atom is 0.243 e. The summed E-state index contributed by atoms with van der Waals surface area (Å²) in [5, 5.41) is 0. The molecule has 1 fully saturated rings. The molecule has 0 radical (unpaired) electrons. The first-order valence-electron chi connectivity index (χ1n) is 7.83. The minimum atomic E-state index is -3.53. The molecule has 2 aliphatic heterocycles. The van der Waals surface area contributed by atoms with Crippen molar-refractivity contribution in [2.24, 2.45) is 0 Å². The Labute approximate surface area is 137 Å². The van der Waals surface area contributed by atoms with Crippen molar-refractivity contribution in [3.63, 3.8) is 0 Å². The van der Waals surface area contributed by atoms with Crippen molar-refractivity contribution in [1.82, 2.24) is 9.21 Å². The first-order valence-corrected chi connectivity index (χ1v) is 9.27. The fraction of sp³-hybridized carbons (Fsp3) is 0.562. The van der Waals surface area contributed by atoms with Crippen LogP contribution in [0, 0.1) is 0 Å². The van der Waals surface area contributed by atoms with E-state index in [4.69, 9.17) is 0 Å². The lowest BCUT2D eigenvalue weighted by Crippen LogP contribution is -2.56. The highest BCUT2D eigenvalue weighted by Crippen LogP contribution is 2.31. The molecule has 0 N–H and O–H groups in total. The van der Waals surface area contributed by atoms with E-state index in [0.717, 1.165) is 11.3 Å².